The predicted octanol–water partition coefficient (Wildman–Crippen LogP) is 4.62. The highest BCUT2D eigenvalue weighted by Gasteiger charge is 2.04. The van der Waals surface area contributed by atoms with Crippen LogP contribution in [0, 0.1) is 23.6 Å². The first-order chi connectivity index (χ1) is 9.15. The topological polar surface area (TPSA) is 9.23 Å². The zero-order valence-electron chi connectivity index (χ0n) is 11.5. The SMILES string of the molecule is CCCC(C)COc1cc(F)cc(C#CCCCl)c1. The maximum atomic E-state index is 13.4. The molecule has 0 aromatic heterocycles. The van der Waals surface area contributed by atoms with E-state index in [-0.39, 0.29) is 5.82 Å². The van der Waals surface area contributed by atoms with Gasteiger partial charge in [0.1, 0.15) is 11.6 Å². The maximum absolute atomic E-state index is 13.4. The summed E-state index contributed by atoms with van der Waals surface area (Å²) in [7, 11) is 0. The molecule has 3 heteroatoms. The largest absolute Gasteiger partial charge is 0.493 e. The molecule has 0 saturated carbocycles. The van der Waals surface area contributed by atoms with Crippen LogP contribution in [0.5, 0.6) is 5.75 Å². The number of hydrogen-bond donors (Lipinski definition) is 0. The van der Waals surface area contributed by atoms with Crippen molar-refractivity contribution in [2.75, 3.05) is 12.5 Å². The normalized spacial score (nSPS) is 11.6. The zero-order valence-corrected chi connectivity index (χ0v) is 12.3. The molecule has 1 aromatic rings. The number of benzene rings is 1. The third kappa shape index (κ3) is 6.50. The minimum Gasteiger partial charge on any atom is -0.493 e. The Balaban J connectivity index is 2.66. The summed E-state index contributed by atoms with van der Waals surface area (Å²) in [5.41, 5.74) is 0.628. The van der Waals surface area contributed by atoms with Crippen molar-refractivity contribution in [1.82, 2.24) is 0 Å². The van der Waals surface area contributed by atoms with Crippen molar-refractivity contribution in [3.8, 4) is 17.6 Å². The molecular weight excluding hydrogens is 263 g/mol. The molecule has 19 heavy (non-hydrogen) atoms. The van der Waals surface area contributed by atoms with Crippen LogP contribution < -0.4 is 4.74 Å². The van der Waals surface area contributed by atoms with Gasteiger partial charge in [-0.25, -0.2) is 4.39 Å². The van der Waals surface area contributed by atoms with Crippen LogP contribution >= 0.6 is 11.6 Å². The van der Waals surface area contributed by atoms with E-state index < -0.39 is 0 Å². The highest BCUT2D eigenvalue weighted by atomic mass is 35.5. The van der Waals surface area contributed by atoms with Gasteiger partial charge in [0.05, 0.1) is 6.61 Å². The molecular formula is C16H20ClFO. The lowest BCUT2D eigenvalue weighted by molar-refractivity contribution is 0.250. The summed E-state index contributed by atoms with van der Waals surface area (Å²) in [5.74, 6) is 6.95. The first-order valence-corrected chi connectivity index (χ1v) is 7.17. The van der Waals surface area contributed by atoms with Crippen LogP contribution in [-0.4, -0.2) is 12.5 Å². The number of hydrogen-bond acceptors (Lipinski definition) is 1. The summed E-state index contributed by atoms with van der Waals surface area (Å²) in [4.78, 5) is 0. The molecule has 104 valence electrons. The van der Waals surface area contributed by atoms with Crippen molar-refractivity contribution in [2.24, 2.45) is 5.92 Å². The van der Waals surface area contributed by atoms with E-state index in [1.54, 1.807) is 6.07 Å². The second kappa shape index (κ2) is 8.82. The minimum atomic E-state index is -0.323. The Morgan fingerprint density at radius 1 is 1.37 bits per heavy atom. The van der Waals surface area contributed by atoms with E-state index in [1.807, 2.05) is 0 Å². The molecule has 0 bridgehead atoms. The summed E-state index contributed by atoms with van der Waals surface area (Å²) in [6.45, 7) is 4.87. The fourth-order valence-corrected chi connectivity index (χ4v) is 1.84. The maximum Gasteiger partial charge on any atom is 0.128 e. The standard InChI is InChI=1S/C16H20ClFO/c1-3-6-13(2)12-19-16-10-14(7-4-5-8-17)9-15(18)11-16/h9-11,13H,3,5-6,8,12H2,1-2H3. The Labute approximate surface area is 120 Å². The fraction of sp³-hybridized carbons (Fsp3) is 0.500. The van der Waals surface area contributed by atoms with Crippen molar-refractivity contribution in [2.45, 2.75) is 33.1 Å². The van der Waals surface area contributed by atoms with Gasteiger partial charge in [0.2, 0.25) is 0 Å². The smallest absolute Gasteiger partial charge is 0.128 e. The predicted molar refractivity (Wildman–Crippen MR) is 78.2 cm³/mol. The van der Waals surface area contributed by atoms with Gasteiger partial charge in [0, 0.05) is 23.9 Å². The molecule has 1 aromatic carbocycles. The van der Waals surface area contributed by atoms with Crippen LogP contribution in [0.2, 0.25) is 0 Å². The van der Waals surface area contributed by atoms with Gasteiger partial charge in [-0.05, 0) is 24.5 Å². The van der Waals surface area contributed by atoms with E-state index in [9.17, 15) is 4.39 Å². The Hall–Kier alpha value is -1.20. The van der Waals surface area contributed by atoms with Crippen molar-refractivity contribution in [3.63, 3.8) is 0 Å². The highest BCUT2D eigenvalue weighted by Crippen LogP contribution is 2.17. The van der Waals surface area contributed by atoms with E-state index in [0.29, 0.717) is 36.1 Å². The summed E-state index contributed by atoms with van der Waals surface area (Å²) in [6, 6.07) is 4.57. The summed E-state index contributed by atoms with van der Waals surface area (Å²) < 4.78 is 19.0. The zero-order chi connectivity index (χ0) is 14.1. The molecule has 0 heterocycles. The van der Waals surface area contributed by atoms with Gasteiger partial charge < -0.3 is 4.74 Å². The monoisotopic (exact) mass is 282 g/mol. The van der Waals surface area contributed by atoms with E-state index in [4.69, 9.17) is 16.3 Å². The van der Waals surface area contributed by atoms with Crippen LogP contribution in [0.25, 0.3) is 0 Å². The molecule has 0 fully saturated rings. The van der Waals surface area contributed by atoms with E-state index >= 15 is 0 Å². The molecule has 1 unspecified atom stereocenters. The Morgan fingerprint density at radius 2 is 2.16 bits per heavy atom. The molecule has 1 nitrogen and oxygen atoms in total. The minimum absolute atomic E-state index is 0.323. The molecule has 0 spiro atoms. The van der Waals surface area contributed by atoms with Gasteiger partial charge in [0.15, 0.2) is 0 Å². The van der Waals surface area contributed by atoms with Crippen LogP contribution in [0.3, 0.4) is 0 Å². The molecule has 0 amide bonds. The van der Waals surface area contributed by atoms with Crippen molar-refractivity contribution < 1.29 is 9.13 Å². The number of halogens is 2. The molecule has 0 aliphatic heterocycles. The van der Waals surface area contributed by atoms with Crippen molar-refractivity contribution in [3.05, 3.63) is 29.6 Å². The molecule has 0 aliphatic carbocycles. The average molecular weight is 283 g/mol. The van der Waals surface area contributed by atoms with Crippen LogP contribution in [0.15, 0.2) is 18.2 Å². The Bertz CT molecular complexity index is 448. The molecule has 0 aliphatic rings. The lowest BCUT2D eigenvalue weighted by Crippen LogP contribution is -2.08. The average Bonchev–Trinajstić information content (AvgIpc) is 2.37. The molecule has 1 atom stereocenters. The van der Waals surface area contributed by atoms with Crippen LogP contribution in [0.4, 0.5) is 4.39 Å². The Kier molecular flexibility index (Phi) is 7.36. The van der Waals surface area contributed by atoms with Gasteiger partial charge in [-0.3, -0.25) is 0 Å². The van der Waals surface area contributed by atoms with Gasteiger partial charge >= 0.3 is 0 Å². The van der Waals surface area contributed by atoms with Crippen molar-refractivity contribution >= 4 is 11.6 Å². The number of rotatable bonds is 6. The number of alkyl halides is 1. The number of ether oxygens (including phenoxy) is 1. The van der Waals surface area contributed by atoms with E-state index in [1.165, 1.54) is 12.1 Å². The first-order valence-electron chi connectivity index (χ1n) is 6.64. The Morgan fingerprint density at radius 3 is 2.84 bits per heavy atom. The van der Waals surface area contributed by atoms with Gasteiger partial charge in [0.25, 0.3) is 0 Å². The molecule has 1 rings (SSSR count). The fourth-order valence-electron chi connectivity index (χ4n) is 1.74. The molecule has 0 radical (unpaired) electrons. The second-order valence-corrected chi connectivity index (χ2v) is 5.00. The summed E-state index contributed by atoms with van der Waals surface area (Å²) >= 11 is 5.54. The highest BCUT2D eigenvalue weighted by molar-refractivity contribution is 6.18. The van der Waals surface area contributed by atoms with Crippen molar-refractivity contribution in [1.29, 1.82) is 0 Å². The third-order valence-electron chi connectivity index (χ3n) is 2.64. The van der Waals surface area contributed by atoms with Crippen LogP contribution in [-0.2, 0) is 0 Å². The summed E-state index contributed by atoms with van der Waals surface area (Å²) in [6.07, 6.45) is 2.84. The quantitative estimate of drug-likeness (QED) is 0.546. The van der Waals surface area contributed by atoms with E-state index in [2.05, 4.69) is 25.7 Å². The molecule has 0 N–H and O–H groups in total. The summed E-state index contributed by atoms with van der Waals surface area (Å²) in [5, 5.41) is 0. The van der Waals surface area contributed by atoms with Gasteiger partial charge in [-0.15, -0.1) is 11.6 Å². The van der Waals surface area contributed by atoms with Gasteiger partial charge in [-0.1, -0.05) is 32.1 Å². The van der Waals surface area contributed by atoms with Crippen LogP contribution in [0.1, 0.15) is 38.7 Å². The molecule has 0 saturated heterocycles. The first kappa shape index (κ1) is 15.9. The lowest BCUT2D eigenvalue weighted by Gasteiger charge is -2.12. The van der Waals surface area contributed by atoms with Gasteiger partial charge in [-0.2, -0.15) is 0 Å². The third-order valence-corrected chi connectivity index (χ3v) is 2.83. The lowest BCUT2D eigenvalue weighted by atomic mass is 10.1. The van der Waals surface area contributed by atoms with E-state index in [0.717, 1.165) is 12.8 Å². The second-order valence-electron chi connectivity index (χ2n) is 4.62.